The minimum atomic E-state index is -0.524. The molecule has 7 nitrogen and oxygen atoms in total. The van der Waals surface area contributed by atoms with E-state index in [9.17, 15) is 9.18 Å². The van der Waals surface area contributed by atoms with Gasteiger partial charge in [0, 0.05) is 25.0 Å². The maximum Gasteiger partial charge on any atom is 0.323 e. The number of hydrogen-bond acceptors (Lipinski definition) is 5. The molecule has 1 heterocycles. The fourth-order valence-electron chi connectivity index (χ4n) is 3.57. The molecule has 0 spiro atoms. The number of carbonyl (C=O) groups excluding carboxylic acids is 1. The van der Waals surface area contributed by atoms with Crippen molar-refractivity contribution in [2.24, 2.45) is 10.7 Å². The molecule has 0 unspecified atom stereocenters. The first-order chi connectivity index (χ1) is 16.5. The lowest BCUT2D eigenvalue weighted by atomic mass is 9.96. The zero-order valence-electron chi connectivity index (χ0n) is 18.6. The van der Waals surface area contributed by atoms with Crippen molar-refractivity contribution in [1.82, 2.24) is 4.90 Å². The van der Waals surface area contributed by atoms with Crippen LogP contribution in [0.2, 0.25) is 0 Å². The number of nitrogens with one attached hydrogen (secondary N) is 2. The number of benzene rings is 2. The van der Waals surface area contributed by atoms with Crippen molar-refractivity contribution in [1.29, 1.82) is 0 Å². The Bertz CT molecular complexity index is 1190. The van der Waals surface area contributed by atoms with Crippen molar-refractivity contribution in [3.63, 3.8) is 0 Å². The molecule has 0 aromatic heterocycles. The molecule has 0 radical (unpaired) electrons. The van der Waals surface area contributed by atoms with Crippen LogP contribution in [0, 0.1) is 5.82 Å². The van der Waals surface area contributed by atoms with Crippen molar-refractivity contribution >= 4 is 28.7 Å². The van der Waals surface area contributed by atoms with E-state index in [1.807, 2.05) is 30.4 Å². The van der Waals surface area contributed by atoms with E-state index in [0.29, 0.717) is 24.7 Å². The highest BCUT2D eigenvalue weighted by molar-refractivity contribution is 6.16. The molecule has 0 atom stereocenters. The second-order valence-corrected chi connectivity index (χ2v) is 7.72. The molecular formula is C26H26FN5O2. The molecule has 2 aliphatic rings. The number of nitrogens with zero attached hydrogens (tertiary/aromatic N) is 2. The van der Waals surface area contributed by atoms with Gasteiger partial charge in [-0.1, -0.05) is 43.0 Å². The molecule has 0 bridgehead atoms. The number of carbonyl (C=O) groups is 1. The van der Waals surface area contributed by atoms with Crippen LogP contribution in [0.1, 0.15) is 5.56 Å². The summed E-state index contributed by atoms with van der Waals surface area (Å²) in [5.74, 6) is 0.190. The number of amides is 2. The van der Waals surface area contributed by atoms with Crippen LogP contribution < -0.4 is 16.4 Å². The molecule has 34 heavy (non-hydrogen) atoms. The number of ether oxygens (including phenoxy) is 1. The Morgan fingerprint density at radius 1 is 1.09 bits per heavy atom. The van der Waals surface area contributed by atoms with Gasteiger partial charge in [-0.15, -0.1) is 0 Å². The lowest BCUT2D eigenvalue weighted by Crippen LogP contribution is -2.35. The van der Waals surface area contributed by atoms with Crippen LogP contribution in [-0.2, 0) is 4.74 Å². The molecule has 4 rings (SSSR count). The Labute approximate surface area is 197 Å². The summed E-state index contributed by atoms with van der Waals surface area (Å²) in [6.07, 6.45) is 7.34. The summed E-state index contributed by atoms with van der Waals surface area (Å²) in [4.78, 5) is 19.0. The lowest BCUT2D eigenvalue weighted by Gasteiger charge is -2.29. The van der Waals surface area contributed by atoms with Gasteiger partial charge in [0.15, 0.2) is 0 Å². The van der Waals surface area contributed by atoms with Gasteiger partial charge in [0.25, 0.3) is 0 Å². The first-order valence-electron chi connectivity index (χ1n) is 10.9. The first-order valence-corrected chi connectivity index (χ1v) is 10.9. The lowest BCUT2D eigenvalue weighted by molar-refractivity contribution is 0.0531. The third kappa shape index (κ3) is 5.60. The van der Waals surface area contributed by atoms with Crippen LogP contribution in [0.5, 0.6) is 0 Å². The molecule has 1 fully saturated rings. The topological polar surface area (TPSA) is 92.0 Å². The Morgan fingerprint density at radius 3 is 2.53 bits per heavy atom. The molecule has 1 aliphatic heterocycles. The van der Waals surface area contributed by atoms with Crippen molar-refractivity contribution in [2.75, 3.05) is 36.9 Å². The van der Waals surface area contributed by atoms with E-state index in [4.69, 9.17) is 15.5 Å². The van der Waals surface area contributed by atoms with Gasteiger partial charge in [-0.25, -0.2) is 14.2 Å². The zero-order chi connectivity index (χ0) is 23.9. The minimum absolute atomic E-state index is 0.115. The number of aliphatic imine (C=N–C) groups is 1. The zero-order valence-corrected chi connectivity index (χ0v) is 18.6. The number of hydrogen-bond donors (Lipinski definition) is 3. The maximum atomic E-state index is 13.7. The van der Waals surface area contributed by atoms with E-state index >= 15 is 0 Å². The predicted octanol–water partition coefficient (Wildman–Crippen LogP) is 4.51. The monoisotopic (exact) mass is 459 g/mol. The van der Waals surface area contributed by atoms with Crippen molar-refractivity contribution in [2.45, 2.75) is 0 Å². The van der Waals surface area contributed by atoms with E-state index in [1.165, 1.54) is 18.3 Å². The van der Waals surface area contributed by atoms with E-state index < -0.39 is 11.8 Å². The average molecular weight is 460 g/mol. The number of halogens is 1. The van der Waals surface area contributed by atoms with Gasteiger partial charge >= 0.3 is 6.03 Å². The van der Waals surface area contributed by atoms with Gasteiger partial charge in [-0.05, 0) is 47.1 Å². The number of nitrogens with two attached hydrogens (primary N) is 1. The van der Waals surface area contributed by atoms with Crippen molar-refractivity contribution < 1.29 is 13.9 Å². The summed E-state index contributed by atoms with van der Waals surface area (Å²) >= 11 is 0. The number of urea groups is 1. The highest BCUT2D eigenvalue weighted by Gasteiger charge is 2.16. The molecule has 174 valence electrons. The van der Waals surface area contributed by atoms with Gasteiger partial charge in [0.1, 0.15) is 11.6 Å². The van der Waals surface area contributed by atoms with Crippen LogP contribution in [0.25, 0.3) is 5.57 Å². The summed E-state index contributed by atoms with van der Waals surface area (Å²) in [7, 11) is 0. The number of morpholine rings is 1. The van der Waals surface area contributed by atoms with Crippen LogP contribution in [0.4, 0.5) is 20.6 Å². The number of para-hydroxylation sites is 1. The minimum Gasteiger partial charge on any atom is -0.402 e. The normalized spacial score (nSPS) is 17.5. The van der Waals surface area contributed by atoms with Gasteiger partial charge < -0.3 is 26.0 Å². The van der Waals surface area contributed by atoms with Gasteiger partial charge in [-0.3, -0.25) is 0 Å². The Kier molecular flexibility index (Phi) is 7.19. The van der Waals surface area contributed by atoms with Gasteiger partial charge in [0.2, 0.25) is 0 Å². The van der Waals surface area contributed by atoms with Crippen LogP contribution in [-0.4, -0.2) is 42.9 Å². The fourth-order valence-corrected chi connectivity index (χ4v) is 3.57. The van der Waals surface area contributed by atoms with Crippen molar-refractivity contribution in [3.8, 4) is 0 Å². The summed E-state index contributed by atoms with van der Waals surface area (Å²) in [6.45, 7) is 6.84. The molecule has 4 N–H and O–H groups in total. The Morgan fingerprint density at radius 2 is 1.82 bits per heavy atom. The molecule has 1 aliphatic carbocycles. The SMILES string of the molecule is C=C1C=CC(c2ccc(NC(=O)Nc3ccccc3F)cc2)=C/C1=N/C(=C\N)N1CCOCC1. The maximum absolute atomic E-state index is 13.7. The summed E-state index contributed by atoms with van der Waals surface area (Å²) in [6, 6.07) is 12.8. The Hall–Kier alpha value is -4.17. The summed E-state index contributed by atoms with van der Waals surface area (Å²) < 4.78 is 19.1. The van der Waals surface area contributed by atoms with E-state index in [1.54, 1.807) is 24.3 Å². The molecule has 2 aromatic rings. The quantitative estimate of drug-likeness (QED) is 0.614. The molecule has 2 amide bonds. The molecule has 0 saturated carbocycles. The Balaban J connectivity index is 1.46. The van der Waals surface area contributed by atoms with E-state index in [0.717, 1.165) is 35.5 Å². The summed E-state index contributed by atoms with van der Waals surface area (Å²) in [5.41, 5.74) is 9.96. The highest BCUT2D eigenvalue weighted by Crippen LogP contribution is 2.25. The number of allylic oxidation sites excluding steroid dienone is 5. The van der Waals surface area contributed by atoms with E-state index in [-0.39, 0.29) is 5.69 Å². The highest BCUT2D eigenvalue weighted by atomic mass is 19.1. The second-order valence-electron chi connectivity index (χ2n) is 7.72. The molecule has 8 heteroatoms. The molecule has 2 aromatic carbocycles. The molecular weight excluding hydrogens is 433 g/mol. The second kappa shape index (κ2) is 10.6. The standard InChI is InChI=1S/C26H26FN5O2/c1-18-6-7-20(16-24(18)30-25(17-28)32-12-14-34-15-13-32)19-8-10-21(11-9-19)29-26(33)31-23-5-3-2-4-22(23)27/h2-11,16-17H,1,12-15,28H2,(H2,29,31,33)/b25-17+,30-24-. The van der Waals surface area contributed by atoms with Crippen LogP contribution >= 0.6 is 0 Å². The number of rotatable bonds is 5. The largest absolute Gasteiger partial charge is 0.402 e. The molecule has 1 saturated heterocycles. The fraction of sp³-hybridized carbons (Fsp3) is 0.154. The predicted molar refractivity (Wildman–Crippen MR) is 134 cm³/mol. The third-order valence-corrected chi connectivity index (χ3v) is 5.40. The number of anilines is 2. The smallest absolute Gasteiger partial charge is 0.323 e. The van der Waals surface area contributed by atoms with Gasteiger partial charge in [-0.2, -0.15) is 0 Å². The average Bonchev–Trinajstić information content (AvgIpc) is 2.86. The summed E-state index contributed by atoms with van der Waals surface area (Å²) in [5, 5.41) is 5.20. The van der Waals surface area contributed by atoms with Gasteiger partial charge in [0.05, 0.1) is 24.6 Å². The van der Waals surface area contributed by atoms with Crippen molar-refractivity contribution in [3.05, 3.63) is 102 Å². The van der Waals surface area contributed by atoms with E-state index in [2.05, 4.69) is 22.1 Å². The third-order valence-electron chi connectivity index (χ3n) is 5.40. The first kappa shape index (κ1) is 23.0. The van der Waals surface area contributed by atoms with Crippen LogP contribution in [0.15, 0.2) is 95.9 Å². The van der Waals surface area contributed by atoms with Crippen LogP contribution in [0.3, 0.4) is 0 Å².